The lowest BCUT2D eigenvalue weighted by molar-refractivity contribution is 0.188. The Hall–Kier alpha value is -3.03. The highest BCUT2D eigenvalue weighted by atomic mass is 79.9. The SMILES string of the molecule is COCCn1c(-c2ccc(C(C)C)cc2)nc2c(Br)c(COc3ccccc3N)cc(OC)c21. The van der Waals surface area contributed by atoms with Crippen molar-refractivity contribution in [1.29, 1.82) is 0 Å². The molecule has 1 aromatic heterocycles. The maximum absolute atomic E-state index is 6.04. The molecular formula is C27H30BrN3O3. The van der Waals surface area contributed by atoms with E-state index >= 15 is 0 Å². The molecule has 7 heteroatoms. The summed E-state index contributed by atoms with van der Waals surface area (Å²) < 4.78 is 20.3. The highest BCUT2D eigenvalue weighted by molar-refractivity contribution is 9.10. The van der Waals surface area contributed by atoms with E-state index in [9.17, 15) is 0 Å². The molecule has 0 aliphatic carbocycles. The molecule has 0 aliphatic rings. The Labute approximate surface area is 208 Å². The number of nitrogens with zero attached hydrogens (tertiary/aromatic N) is 2. The van der Waals surface area contributed by atoms with Gasteiger partial charge in [-0.25, -0.2) is 4.98 Å². The zero-order valence-electron chi connectivity index (χ0n) is 20.0. The Kier molecular flexibility index (Phi) is 7.44. The molecule has 4 aromatic rings. The number of para-hydroxylation sites is 2. The lowest BCUT2D eigenvalue weighted by Gasteiger charge is -2.14. The van der Waals surface area contributed by atoms with Gasteiger partial charge in [0.25, 0.3) is 0 Å². The highest BCUT2D eigenvalue weighted by Crippen LogP contribution is 2.38. The van der Waals surface area contributed by atoms with Gasteiger partial charge in [-0.3, -0.25) is 0 Å². The number of nitrogens with two attached hydrogens (primary N) is 1. The molecule has 0 aliphatic heterocycles. The first-order valence-electron chi connectivity index (χ1n) is 11.3. The van der Waals surface area contributed by atoms with Crippen LogP contribution in [0.3, 0.4) is 0 Å². The largest absolute Gasteiger partial charge is 0.494 e. The topological polar surface area (TPSA) is 71.5 Å². The molecule has 4 rings (SSSR count). The first kappa shape index (κ1) is 24.1. The summed E-state index contributed by atoms with van der Waals surface area (Å²) >= 11 is 3.78. The molecule has 0 fully saturated rings. The molecule has 0 saturated carbocycles. The van der Waals surface area contributed by atoms with Crippen LogP contribution in [-0.2, 0) is 17.9 Å². The maximum Gasteiger partial charge on any atom is 0.145 e. The third-order valence-electron chi connectivity index (χ3n) is 5.87. The van der Waals surface area contributed by atoms with Crippen LogP contribution >= 0.6 is 15.9 Å². The van der Waals surface area contributed by atoms with E-state index in [1.807, 2.05) is 30.3 Å². The summed E-state index contributed by atoms with van der Waals surface area (Å²) in [5.74, 6) is 2.71. The van der Waals surface area contributed by atoms with Crippen LogP contribution in [-0.4, -0.2) is 30.4 Å². The van der Waals surface area contributed by atoms with Gasteiger partial charge in [0, 0.05) is 24.8 Å². The van der Waals surface area contributed by atoms with E-state index in [-0.39, 0.29) is 0 Å². The minimum Gasteiger partial charge on any atom is -0.494 e. The summed E-state index contributed by atoms with van der Waals surface area (Å²) in [5, 5.41) is 0. The Morgan fingerprint density at radius 3 is 2.41 bits per heavy atom. The molecule has 34 heavy (non-hydrogen) atoms. The van der Waals surface area contributed by atoms with Crippen molar-refractivity contribution in [2.75, 3.05) is 26.6 Å². The Balaban J connectivity index is 1.81. The average Bonchev–Trinajstić information content (AvgIpc) is 3.23. The lowest BCUT2D eigenvalue weighted by Crippen LogP contribution is -2.07. The molecular weight excluding hydrogens is 494 g/mol. The van der Waals surface area contributed by atoms with Gasteiger partial charge in [-0.2, -0.15) is 0 Å². The Bertz CT molecular complexity index is 1280. The third-order valence-corrected chi connectivity index (χ3v) is 6.76. The second kappa shape index (κ2) is 10.5. The minimum absolute atomic E-state index is 0.324. The third kappa shape index (κ3) is 4.76. The van der Waals surface area contributed by atoms with E-state index in [0.717, 1.165) is 38.2 Å². The minimum atomic E-state index is 0.324. The molecule has 0 amide bonds. The molecule has 3 aromatic carbocycles. The number of rotatable bonds is 9. The second-order valence-electron chi connectivity index (χ2n) is 8.43. The van der Waals surface area contributed by atoms with Crippen molar-refractivity contribution in [3.05, 3.63) is 70.2 Å². The van der Waals surface area contributed by atoms with E-state index in [0.29, 0.717) is 37.1 Å². The fourth-order valence-corrected chi connectivity index (χ4v) is 4.47. The zero-order valence-corrected chi connectivity index (χ0v) is 21.6. The first-order valence-corrected chi connectivity index (χ1v) is 12.1. The Morgan fingerprint density at radius 2 is 1.76 bits per heavy atom. The predicted octanol–water partition coefficient (Wildman–Crippen LogP) is 6.41. The van der Waals surface area contributed by atoms with Crippen molar-refractivity contribution < 1.29 is 14.2 Å². The first-order chi connectivity index (χ1) is 16.4. The molecule has 0 spiro atoms. The monoisotopic (exact) mass is 523 g/mol. The number of ether oxygens (including phenoxy) is 3. The number of hydrogen-bond donors (Lipinski definition) is 1. The number of aromatic nitrogens is 2. The summed E-state index contributed by atoms with van der Waals surface area (Å²) in [5.41, 5.74) is 11.6. The number of imidazole rings is 1. The second-order valence-corrected chi connectivity index (χ2v) is 9.23. The maximum atomic E-state index is 6.04. The number of fused-ring (bicyclic) bond motifs is 1. The fourth-order valence-electron chi connectivity index (χ4n) is 3.96. The van der Waals surface area contributed by atoms with Crippen LogP contribution in [0.2, 0.25) is 0 Å². The standard InChI is InChI=1S/C27H30BrN3O3/c1-17(2)18-9-11-19(12-10-18)27-30-25-24(28)20(16-34-22-8-6-5-7-21(22)29)15-23(33-4)26(25)31(27)13-14-32-3/h5-12,15,17H,13-14,16,29H2,1-4H3. The quantitative estimate of drug-likeness (QED) is 0.257. The molecule has 0 bridgehead atoms. The number of benzene rings is 3. The van der Waals surface area contributed by atoms with Crippen molar-refractivity contribution in [3.63, 3.8) is 0 Å². The smallest absolute Gasteiger partial charge is 0.145 e. The number of nitrogen functional groups attached to an aromatic ring is 1. The van der Waals surface area contributed by atoms with E-state index < -0.39 is 0 Å². The van der Waals surface area contributed by atoms with Crippen LogP contribution in [0.25, 0.3) is 22.4 Å². The normalized spacial score (nSPS) is 11.4. The molecule has 6 nitrogen and oxygen atoms in total. The predicted molar refractivity (Wildman–Crippen MR) is 141 cm³/mol. The van der Waals surface area contributed by atoms with Gasteiger partial charge < -0.3 is 24.5 Å². The van der Waals surface area contributed by atoms with Gasteiger partial charge in [0.05, 0.1) is 23.9 Å². The molecule has 0 radical (unpaired) electrons. The van der Waals surface area contributed by atoms with Gasteiger partial charge in [-0.15, -0.1) is 0 Å². The number of anilines is 1. The molecule has 1 heterocycles. The van der Waals surface area contributed by atoms with Crippen LogP contribution in [0.5, 0.6) is 11.5 Å². The number of methoxy groups -OCH3 is 2. The van der Waals surface area contributed by atoms with Crippen LogP contribution in [0.15, 0.2) is 59.1 Å². The van der Waals surface area contributed by atoms with Gasteiger partial charge in [0.1, 0.15) is 35.0 Å². The van der Waals surface area contributed by atoms with E-state index in [1.54, 1.807) is 14.2 Å². The van der Waals surface area contributed by atoms with Crippen molar-refractivity contribution in [3.8, 4) is 22.9 Å². The summed E-state index contributed by atoms with van der Waals surface area (Å²) in [7, 11) is 3.38. The van der Waals surface area contributed by atoms with E-state index in [2.05, 4.69) is 58.6 Å². The van der Waals surface area contributed by atoms with E-state index in [4.69, 9.17) is 24.9 Å². The summed E-state index contributed by atoms with van der Waals surface area (Å²) in [6, 6.07) is 18.0. The van der Waals surface area contributed by atoms with Crippen LogP contribution in [0, 0.1) is 0 Å². The van der Waals surface area contributed by atoms with Crippen molar-refractivity contribution >= 4 is 32.7 Å². The van der Waals surface area contributed by atoms with Crippen molar-refractivity contribution in [2.24, 2.45) is 0 Å². The number of halogens is 1. The highest BCUT2D eigenvalue weighted by Gasteiger charge is 2.21. The molecule has 0 saturated heterocycles. The van der Waals surface area contributed by atoms with Crippen LogP contribution in [0.4, 0.5) is 5.69 Å². The van der Waals surface area contributed by atoms with Gasteiger partial charge >= 0.3 is 0 Å². The van der Waals surface area contributed by atoms with Crippen LogP contribution < -0.4 is 15.2 Å². The summed E-state index contributed by atoms with van der Waals surface area (Å²) in [6.07, 6.45) is 0. The van der Waals surface area contributed by atoms with Gasteiger partial charge in [0.2, 0.25) is 0 Å². The lowest BCUT2D eigenvalue weighted by atomic mass is 10.0. The summed E-state index contributed by atoms with van der Waals surface area (Å²) in [6.45, 7) is 5.91. The fraction of sp³-hybridized carbons (Fsp3) is 0.296. The average molecular weight is 524 g/mol. The van der Waals surface area contributed by atoms with Crippen molar-refractivity contribution in [2.45, 2.75) is 32.9 Å². The van der Waals surface area contributed by atoms with Crippen molar-refractivity contribution in [1.82, 2.24) is 9.55 Å². The van der Waals surface area contributed by atoms with Crippen LogP contribution in [0.1, 0.15) is 30.9 Å². The zero-order chi connectivity index (χ0) is 24.2. The van der Waals surface area contributed by atoms with E-state index in [1.165, 1.54) is 5.56 Å². The van der Waals surface area contributed by atoms with Gasteiger partial charge in [0.15, 0.2) is 0 Å². The molecule has 2 N–H and O–H groups in total. The number of hydrogen-bond acceptors (Lipinski definition) is 5. The van der Waals surface area contributed by atoms with Gasteiger partial charge in [-0.1, -0.05) is 50.2 Å². The molecule has 0 atom stereocenters. The molecule has 178 valence electrons. The Morgan fingerprint density at radius 1 is 1.03 bits per heavy atom. The molecule has 0 unspecified atom stereocenters. The van der Waals surface area contributed by atoms with Gasteiger partial charge in [-0.05, 0) is 45.6 Å². The summed E-state index contributed by atoms with van der Waals surface area (Å²) in [4.78, 5) is 5.05.